The van der Waals surface area contributed by atoms with Crippen molar-refractivity contribution in [3.63, 3.8) is 0 Å². The summed E-state index contributed by atoms with van der Waals surface area (Å²) >= 11 is 0. The molecule has 1 aromatic carbocycles. The molecule has 0 bridgehead atoms. The molecule has 0 unspecified atom stereocenters. The van der Waals surface area contributed by atoms with E-state index < -0.39 is 11.6 Å². The average molecular weight is 297 g/mol. The number of rotatable bonds is 3. The summed E-state index contributed by atoms with van der Waals surface area (Å²) in [5.41, 5.74) is 0.0103. The Balaban J connectivity index is 1.96. The van der Waals surface area contributed by atoms with Gasteiger partial charge in [-0.1, -0.05) is 0 Å². The Kier molecular flexibility index (Phi) is 5.12. The molecule has 0 saturated carbocycles. The smallest absolute Gasteiger partial charge is 0.321 e. The molecule has 1 atom stereocenters. The molecule has 1 aliphatic heterocycles. The highest BCUT2D eigenvalue weighted by atomic mass is 19.1. The highest BCUT2D eigenvalue weighted by Gasteiger charge is 2.24. The molecule has 0 aromatic heterocycles. The Morgan fingerprint density at radius 1 is 1.43 bits per heavy atom. The number of hydrogen-bond donors (Lipinski definition) is 1. The number of carbonyl (C=O) groups excluding carboxylic acids is 1. The second-order valence-electron chi connectivity index (χ2n) is 5.77. The number of urea groups is 1. The van der Waals surface area contributed by atoms with Gasteiger partial charge in [-0.15, -0.1) is 0 Å². The molecule has 1 aromatic rings. The largest absolute Gasteiger partial charge is 0.324 e. The van der Waals surface area contributed by atoms with Crippen molar-refractivity contribution < 1.29 is 13.6 Å². The van der Waals surface area contributed by atoms with Crippen molar-refractivity contribution in [3.8, 4) is 0 Å². The number of benzene rings is 1. The van der Waals surface area contributed by atoms with E-state index in [4.69, 9.17) is 0 Å². The molecule has 2 rings (SSSR count). The van der Waals surface area contributed by atoms with Gasteiger partial charge in [0.25, 0.3) is 0 Å². The number of carbonyl (C=O) groups is 1. The van der Waals surface area contributed by atoms with Crippen molar-refractivity contribution >= 4 is 11.7 Å². The van der Waals surface area contributed by atoms with Crippen molar-refractivity contribution in [3.05, 3.63) is 29.8 Å². The van der Waals surface area contributed by atoms with Crippen LogP contribution in [0.4, 0.5) is 19.3 Å². The summed E-state index contributed by atoms with van der Waals surface area (Å²) < 4.78 is 26.4. The number of likely N-dealkylation sites (tertiary alicyclic amines) is 1. The first-order chi connectivity index (χ1) is 9.95. The molecule has 0 aliphatic carbocycles. The number of piperidine rings is 1. The fourth-order valence-corrected chi connectivity index (χ4v) is 2.70. The minimum atomic E-state index is -0.759. The number of anilines is 1. The van der Waals surface area contributed by atoms with E-state index in [0.717, 1.165) is 31.5 Å². The van der Waals surface area contributed by atoms with Gasteiger partial charge in [-0.2, -0.15) is 0 Å². The second kappa shape index (κ2) is 6.85. The van der Waals surface area contributed by atoms with Gasteiger partial charge in [-0.25, -0.2) is 13.6 Å². The van der Waals surface area contributed by atoms with Crippen LogP contribution >= 0.6 is 0 Å². The topological polar surface area (TPSA) is 35.6 Å². The molecule has 116 valence electrons. The number of hydrogen-bond acceptors (Lipinski definition) is 2. The van der Waals surface area contributed by atoms with Crippen molar-refractivity contribution in [2.24, 2.45) is 5.92 Å². The quantitative estimate of drug-likeness (QED) is 0.931. The summed E-state index contributed by atoms with van der Waals surface area (Å²) in [5, 5.41) is 2.51. The van der Waals surface area contributed by atoms with Gasteiger partial charge in [0.15, 0.2) is 0 Å². The first-order valence-corrected chi connectivity index (χ1v) is 7.11. The third-order valence-corrected chi connectivity index (χ3v) is 3.60. The van der Waals surface area contributed by atoms with Crippen LogP contribution < -0.4 is 5.32 Å². The van der Waals surface area contributed by atoms with E-state index in [9.17, 15) is 13.6 Å². The van der Waals surface area contributed by atoms with Gasteiger partial charge in [0, 0.05) is 25.7 Å². The summed E-state index contributed by atoms with van der Waals surface area (Å²) in [6, 6.07) is 2.80. The molecule has 2 amide bonds. The Morgan fingerprint density at radius 3 is 2.86 bits per heavy atom. The predicted molar refractivity (Wildman–Crippen MR) is 78.2 cm³/mol. The average Bonchev–Trinajstić information content (AvgIpc) is 2.41. The van der Waals surface area contributed by atoms with E-state index in [-0.39, 0.29) is 11.7 Å². The Labute approximate surface area is 123 Å². The highest BCUT2D eigenvalue weighted by molar-refractivity contribution is 5.89. The maximum Gasteiger partial charge on any atom is 0.321 e. The van der Waals surface area contributed by atoms with Crippen LogP contribution in [0.3, 0.4) is 0 Å². The van der Waals surface area contributed by atoms with Gasteiger partial charge in [-0.05, 0) is 45.0 Å². The first-order valence-electron chi connectivity index (χ1n) is 7.11. The van der Waals surface area contributed by atoms with Gasteiger partial charge in [0.1, 0.15) is 11.6 Å². The monoisotopic (exact) mass is 297 g/mol. The number of nitrogens with zero attached hydrogens (tertiary/aromatic N) is 2. The molecule has 1 aliphatic rings. The van der Waals surface area contributed by atoms with E-state index >= 15 is 0 Å². The highest BCUT2D eigenvalue weighted by Crippen LogP contribution is 2.20. The Bertz CT molecular complexity index is 508. The molecule has 0 radical (unpaired) electrons. The zero-order valence-electron chi connectivity index (χ0n) is 12.4. The van der Waals surface area contributed by atoms with Crippen molar-refractivity contribution in [2.75, 3.05) is 39.0 Å². The third-order valence-electron chi connectivity index (χ3n) is 3.60. The molecule has 1 heterocycles. The van der Waals surface area contributed by atoms with Gasteiger partial charge in [-0.3, -0.25) is 0 Å². The van der Waals surface area contributed by atoms with Crippen LogP contribution in [0.5, 0.6) is 0 Å². The van der Waals surface area contributed by atoms with Crippen LogP contribution in [-0.4, -0.2) is 49.6 Å². The van der Waals surface area contributed by atoms with Crippen LogP contribution in [0.25, 0.3) is 0 Å². The third kappa shape index (κ3) is 4.39. The molecule has 1 saturated heterocycles. The van der Waals surface area contributed by atoms with Crippen LogP contribution in [-0.2, 0) is 0 Å². The molecule has 1 N–H and O–H groups in total. The fraction of sp³-hybridized carbons (Fsp3) is 0.533. The van der Waals surface area contributed by atoms with E-state index in [2.05, 4.69) is 10.2 Å². The predicted octanol–water partition coefficient (Wildman–Crippen LogP) is 2.77. The Morgan fingerprint density at radius 2 is 2.19 bits per heavy atom. The summed E-state index contributed by atoms with van der Waals surface area (Å²) in [6.07, 6.45) is 2.03. The molecule has 1 fully saturated rings. The van der Waals surface area contributed by atoms with Crippen molar-refractivity contribution in [2.45, 2.75) is 12.8 Å². The zero-order chi connectivity index (χ0) is 15.4. The molecule has 4 nitrogen and oxygen atoms in total. The molecular formula is C15H21F2N3O. The summed E-state index contributed by atoms with van der Waals surface area (Å²) in [4.78, 5) is 16.0. The van der Waals surface area contributed by atoms with Gasteiger partial charge >= 0.3 is 6.03 Å². The van der Waals surface area contributed by atoms with Crippen LogP contribution in [0.1, 0.15) is 12.8 Å². The minimum Gasteiger partial charge on any atom is -0.324 e. The number of halogens is 2. The molecular weight excluding hydrogens is 276 g/mol. The standard InChI is InChI=1S/C15H21F2N3O/c1-19(2)9-11-4-3-7-20(10-11)15(21)18-14-6-5-12(16)8-13(14)17/h5-6,8,11H,3-4,7,9-10H2,1-2H3,(H,18,21)/t11-/m0/s1. The second-order valence-corrected chi connectivity index (χ2v) is 5.77. The van der Waals surface area contributed by atoms with Gasteiger partial charge in [0.05, 0.1) is 5.69 Å². The lowest BCUT2D eigenvalue weighted by atomic mass is 9.98. The lowest BCUT2D eigenvalue weighted by Crippen LogP contribution is -2.44. The summed E-state index contributed by atoms with van der Waals surface area (Å²) in [5.74, 6) is -0.989. The lowest BCUT2D eigenvalue weighted by molar-refractivity contribution is 0.162. The summed E-state index contributed by atoms with van der Waals surface area (Å²) in [7, 11) is 4.01. The van der Waals surface area contributed by atoms with E-state index in [0.29, 0.717) is 19.0 Å². The lowest BCUT2D eigenvalue weighted by Gasteiger charge is -2.34. The first kappa shape index (κ1) is 15.7. The van der Waals surface area contributed by atoms with Gasteiger partial charge in [0.2, 0.25) is 0 Å². The molecule has 21 heavy (non-hydrogen) atoms. The normalized spacial score (nSPS) is 18.9. The molecule has 6 heteroatoms. The van der Waals surface area contributed by atoms with E-state index in [1.165, 1.54) is 6.07 Å². The van der Waals surface area contributed by atoms with Crippen LogP contribution in [0.2, 0.25) is 0 Å². The maximum absolute atomic E-state index is 13.5. The number of nitrogens with one attached hydrogen (secondary N) is 1. The molecule has 0 spiro atoms. The fourth-order valence-electron chi connectivity index (χ4n) is 2.70. The summed E-state index contributed by atoms with van der Waals surface area (Å²) in [6.45, 7) is 2.25. The van der Waals surface area contributed by atoms with E-state index in [1.54, 1.807) is 4.90 Å². The number of amides is 2. The van der Waals surface area contributed by atoms with Crippen LogP contribution in [0, 0.1) is 17.6 Å². The zero-order valence-corrected chi connectivity index (χ0v) is 12.4. The minimum absolute atomic E-state index is 0.0103. The Hall–Kier alpha value is -1.69. The SMILES string of the molecule is CN(C)C[C@@H]1CCCN(C(=O)Nc2ccc(F)cc2F)C1. The van der Waals surface area contributed by atoms with Crippen molar-refractivity contribution in [1.29, 1.82) is 0 Å². The van der Waals surface area contributed by atoms with Crippen molar-refractivity contribution in [1.82, 2.24) is 9.80 Å². The van der Waals surface area contributed by atoms with E-state index in [1.807, 2.05) is 14.1 Å². The maximum atomic E-state index is 13.5. The van der Waals surface area contributed by atoms with Gasteiger partial charge < -0.3 is 15.1 Å². The van der Waals surface area contributed by atoms with Crippen LogP contribution in [0.15, 0.2) is 18.2 Å².